The second-order valence-electron chi connectivity index (χ2n) is 5.19. The quantitative estimate of drug-likeness (QED) is 0.919. The molecule has 2 aromatic rings. The molecule has 0 saturated heterocycles. The zero-order valence-corrected chi connectivity index (χ0v) is 11.5. The van der Waals surface area contributed by atoms with Crippen LogP contribution in [0.5, 0.6) is 0 Å². The minimum absolute atomic E-state index is 0.536. The number of aromatic nitrogens is 2. The second kappa shape index (κ2) is 4.79. The Bertz CT molecular complexity index is 644. The fourth-order valence-corrected chi connectivity index (χ4v) is 2.83. The number of aryl methyl sites for hydroxylation is 2. The van der Waals surface area contributed by atoms with E-state index in [9.17, 15) is 9.90 Å². The molecule has 1 unspecified atom stereocenters. The Balaban J connectivity index is 1.90. The topological polar surface area (TPSA) is 71.5 Å². The Kier molecular flexibility index (Phi) is 3.10. The molecule has 1 aliphatic heterocycles. The van der Waals surface area contributed by atoms with Crippen LogP contribution in [-0.4, -0.2) is 32.3 Å². The summed E-state index contributed by atoms with van der Waals surface area (Å²) in [4.78, 5) is 13.5. The monoisotopic (exact) mass is 275 g/mol. The van der Waals surface area contributed by atoms with Crippen LogP contribution in [-0.2, 0) is 24.8 Å². The summed E-state index contributed by atoms with van der Waals surface area (Å²) in [5.74, 6) is -0.0627. The van der Waals surface area contributed by atoms with Crippen molar-refractivity contribution >= 4 is 5.97 Å². The maximum atomic E-state index is 11.6. The van der Waals surface area contributed by atoms with E-state index in [-0.39, 0.29) is 0 Å². The molecule has 0 spiro atoms. The van der Waals surface area contributed by atoms with Gasteiger partial charge in [-0.25, -0.2) is 0 Å². The van der Waals surface area contributed by atoms with Gasteiger partial charge in [-0.05, 0) is 18.6 Å². The van der Waals surface area contributed by atoms with Crippen LogP contribution in [0.2, 0.25) is 0 Å². The molecule has 3 heterocycles. The predicted octanol–water partition coefficient (Wildman–Crippen LogP) is 1.51. The number of hydrogen-bond donors (Lipinski definition) is 1. The summed E-state index contributed by atoms with van der Waals surface area (Å²) in [6.45, 7) is 3.19. The van der Waals surface area contributed by atoms with Gasteiger partial charge in [-0.15, -0.1) is 0 Å². The summed E-state index contributed by atoms with van der Waals surface area (Å²) in [7, 11) is 1.87. The van der Waals surface area contributed by atoms with E-state index in [1.165, 1.54) is 0 Å². The maximum Gasteiger partial charge on any atom is 0.325 e. The Morgan fingerprint density at radius 3 is 3.05 bits per heavy atom. The van der Waals surface area contributed by atoms with Crippen molar-refractivity contribution in [3.8, 4) is 0 Å². The second-order valence-corrected chi connectivity index (χ2v) is 5.19. The van der Waals surface area contributed by atoms with E-state index in [0.717, 1.165) is 29.0 Å². The average Bonchev–Trinajstić information content (AvgIpc) is 2.95. The van der Waals surface area contributed by atoms with Gasteiger partial charge in [-0.3, -0.25) is 14.4 Å². The highest BCUT2D eigenvalue weighted by atomic mass is 16.4. The molecule has 3 rings (SSSR count). The first-order valence-electron chi connectivity index (χ1n) is 6.58. The third-order valence-electron chi connectivity index (χ3n) is 3.77. The molecule has 0 aliphatic carbocycles. The minimum Gasteiger partial charge on any atom is -0.480 e. The van der Waals surface area contributed by atoms with Gasteiger partial charge in [0.25, 0.3) is 0 Å². The van der Waals surface area contributed by atoms with Crippen molar-refractivity contribution in [2.45, 2.75) is 25.9 Å². The van der Waals surface area contributed by atoms with E-state index in [4.69, 9.17) is 4.42 Å². The van der Waals surface area contributed by atoms with Crippen LogP contribution in [0.1, 0.15) is 28.6 Å². The van der Waals surface area contributed by atoms with Gasteiger partial charge in [0.2, 0.25) is 0 Å². The smallest absolute Gasteiger partial charge is 0.325 e. The molecule has 6 nitrogen and oxygen atoms in total. The lowest BCUT2D eigenvalue weighted by molar-refractivity contribution is -0.144. The number of hydrogen-bond acceptors (Lipinski definition) is 4. The van der Waals surface area contributed by atoms with E-state index in [1.54, 1.807) is 17.0 Å². The largest absolute Gasteiger partial charge is 0.480 e. The van der Waals surface area contributed by atoms with Gasteiger partial charge in [0.1, 0.15) is 11.8 Å². The highest BCUT2D eigenvalue weighted by Gasteiger charge is 2.35. The van der Waals surface area contributed by atoms with Crippen LogP contribution >= 0.6 is 0 Å². The number of furan rings is 1. The first-order chi connectivity index (χ1) is 9.56. The number of carboxylic acids is 1. The summed E-state index contributed by atoms with van der Waals surface area (Å²) in [6, 6.07) is 1.10. The molecule has 0 saturated carbocycles. The van der Waals surface area contributed by atoms with Crippen LogP contribution in [0.4, 0.5) is 0 Å². The molecule has 20 heavy (non-hydrogen) atoms. The lowest BCUT2D eigenvalue weighted by Crippen LogP contribution is -2.39. The number of carboxylic acid groups (broad SMARTS) is 1. The van der Waals surface area contributed by atoms with E-state index in [2.05, 4.69) is 5.10 Å². The van der Waals surface area contributed by atoms with Gasteiger partial charge in [-0.2, -0.15) is 5.10 Å². The van der Waals surface area contributed by atoms with E-state index >= 15 is 0 Å². The normalized spacial score (nSPS) is 19.0. The first kappa shape index (κ1) is 12.9. The van der Waals surface area contributed by atoms with Gasteiger partial charge < -0.3 is 9.52 Å². The predicted molar refractivity (Wildman–Crippen MR) is 71.1 cm³/mol. The fraction of sp³-hybridized carbons (Fsp3) is 0.429. The van der Waals surface area contributed by atoms with Crippen LogP contribution in [0.3, 0.4) is 0 Å². The van der Waals surface area contributed by atoms with E-state index in [1.807, 2.05) is 25.1 Å². The molecule has 0 aromatic carbocycles. The standard InChI is InChI=1S/C14H17N3O3/c1-9-7-16(2)15-11(9)8-17-5-3-12-10(4-6-20-12)13(17)14(18)19/h4,6-7,13H,3,5,8H2,1-2H3,(H,18,19). The van der Waals surface area contributed by atoms with Crippen LogP contribution < -0.4 is 0 Å². The molecule has 1 N–H and O–H groups in total. The number of rotatable bonds is 3. The zero-order valence-electron chi connectivity index (χ0n) is 11.5. The SMILES string of the molecule is Cc1cn(C)nc1CN1CCc2occc2C1C(=O)O. The van der Waals surface area contributed by atoms with Gasteiger partial charge in [-0.1, -0.05) is 0 Å². The van der Waals surface area contributed by atoms with Crippen molar-refractivity contribution in [2.24, 2.45) is 7.05 Å². The Morgan fingerprint density at radius 1 is 1.60 bits per heavy atom. The molecule has 1 aliphatic rings. The van der Waals surface area contributed by atoms with Gasteiger partial charge in [0.15, 0.2) is 0 Å². The number of fused-ring (bicyclic) bond motifs is 1. The third kappa shape index (κ3) is 2.12. The van der Waals surface area contributed by atoms with Crippen molar-refractivity contribution in [3.05, 3.63) is 41.1 Å². The Morgan fingerprint density at radius 2 is 2.40 bits per heavy atom. The molecule has 0 amide bonds. The molecular formula is C14H17N3O3. The van der Waals surface area contributed by atoms with Crippen LogP contribution in [0, 0.1) is 6.92 Å². The third-order valence-corrected chi connectivity index (χ3v) is 3.77. The Hall–Kier alpha value is -2.08. The Labute approximate surface area is 116 Å². The van der Waals surface area contributed by atoms with Gasteiger partial charge in [0.05, 0.1) is 12.0 Å². The number of aliphatic carboxylic acids is 1. The fourth-order valence-electron chi connectivity index (χ4n) is 2.83. The van der Waals surface area contributed by atoms with Gasteiger partial charge >= 0.3 is 5.97 Å². The summed E-state index contributed by atoms with van der Waals surface area (Å²) in [5.41, 5.74) is 2.76. The summed E-state index contributed by atoms with van der Waals surface area (Å²) < 4.78 is 7.11. The van der Waals surface area contributed by atoms with Crippen molar-refractivity contribution in [1.82, 2.24) is 14.7 Å². The zero-order chi connectivity index (χ0) is 14.3. The van der Waals surface area contributed by atoms with Crippen LogP contribution in [0.15, 0.2) is 22.9 Å². The lowest BCUT2D eigenvalue weighted by atomic mass is 9.99. The van der Waals surface area contributed by atoms with Crippen molar-refractivity contribution in [2.75, 3.05) is 6.54 Å². The molecule has 6 heteroatoms. The highest BCUT2D eigenvalue weighted by molar-refractivity contribution is 5.76. The highest BCUT2D eigenvalue weighted by Crippen LogP contribution is 2.32. The first-order valence-corrected chi connectivity index (χ1v) is 6.58. The molecule has 0 bridgehead atoms. The maximum absolute atomic E-state index is 11.6. The summed E-state index contributed by atoms with van der Waals surface area (Å²) >= 11 is 0. The van der Waals surface area contributed by atoms with Crippen molar-refractivity contribution in [1.29, 1.82) is 0 Å². The molecule has 0 fully saturated rings. The number of nitrogens with zero attached hydrogens (tertiary/aromatic N) is 3. The summed E-state index contributed by atoms with van der Waals surface area (Å²) in [6.07, 6.45) is 4.24. The molecular weight excluding hydrogens is 258 g/mol. The average molecular weight is 275 g/mol. The van der Waals surface area contributed by atoms with Crippen LogP contribution in [0.25, 0.3) is 0 Å². The molecule has 0 radical (unpaired) electrons. The summed E-state index contributed by atoms with van der Waals surface area (Å²) in [5, 5.41) is 13.9. The molecule has 1 atom stereocenters. The minimum atomic E-state index is -0.846. The van der Waals surface area contributed by atoms with E-state index < -0.39 is 12.0 Å². The molecule has 2 aromatic heterocycles. The lowest BCUT2D eigenvalue weighted by Gasteiger charge is -2.31. The van der Waals surface area contributed by atoms with Gasteiger partial charge in [0, 0.05) is 38.3 Å². The van der Waals surface area contributed by atoms with E-state index in [0.29, 0.717) is 13.1 Å². The van der Waals surface area contributed by atoms with Crippen molar-refractivity contribution < 1.29 is 14.3 Å². The molecule has 106 valence electrons. The van der Waals surface area contributed by atoms with Crippen molar-refractivity contribution in [3.63, 3.8) is 0 Å². The number of carbonyl (C=O) groups is 1.